The number of hydrogen-bond acceptors (Lipinski definition) is 5. The molecular weight excluding hydrogens is 369 g/mol. The van der Waals surface area contributed by atoms with E-state index in [9.17, 15) is 22.8 Å². The first-order valence-corrected chi connectivity index (χ1v) is 7.90. The van der Waals surface area contributed by atoms with Crippen molar-refractivity contribution in [3.05, 3.63) is 47.3 Å². The molecule has 0 radical (unpaired) electrons. The first-order valence-electron chi connectivity index (χ1n) is 7.90. The Hall–Kier alpha value is -3.04. The fourth-order valence-corrected chi connectivity index (χ4v) is 2.23. The van der Waals surface area contributed by atoms with E-state index in [-0.39, 0.29) is 11.6 Å². The maximum atomic E-state index is 12.3. The third-order valence-electron chi connectivity index (χ3n) is 3.53. The number of nitrogens with one attached hydrogen (secondary N) is 1. The minimum atomic E-state index is -4.84. The first kappa shape index (κ1) is 20.3. The van der Waals surface area contributed by atoms with Crippen LogP contribution < -0.4 is 10.1 Å². The van der Waals surface area contributed by atoms with Crippen molar-refractivity contribution in [2.45, 2.75) is 38.6 Å². The molecule has 1 atom stereocenters. The smallest absolute Gasteiger partial charge is 0.481 e. The number of halogens is 3. The van der Waals surface area contributed by atoms with E-state index >= 15 is 0 Å². The molecule has 1 unspecified atom stereocenters. The summed E-state index contributed by atoms with van der Waals surface area (Å²) < 4.78 is 45.4. The summed E-state index contributed by atoms with van der Waals surface area (Å²) in [4.78, 5) is 23.4. The van der Waals surface area contributed by atoms with Crippen molar-refractivity contribution in [3.63, 3.8) is 0 Å². The summed E-state index contributed by atoms with van der Waals surface area (Å²) >= 11 is 0. The van der Waals surface area contributed by atoms with E-state index in [0.29, 0.717) is 11.3 Å². The highest BCUT2D eigenvalue weighted by molar-refractivity contribution is 5.92. The van der Waals surface area contributed by atoms with E-state index < -0.39 is 36.5 Å². The van der Waals surface area contributed by atoms with Crippen LogP contribution in [0.4, 0.5) is 13.2 Å². The molecule has 146 valence electrons. The highest BCUT2D eigenvalue weighted by Gasteiger charge is 2.31. The molecule has 0 aliphatic heterocycles. The summed E-state index contributed by atoms with van der Waals surface area (Å²) in [5, 5.41) is 15.2. The number of aromatic nitrogens is 1. The number of carbonyl (C=O) groups excluding carboxylic acids is 1. The molecule has 1 aromatic carbocycles. The molecule has 2 aromatic rings. The van der Waals surface area contributed by atoms with Gasteiger partial charge in [-0.25, -0.2) is 0 Å². The highest BCUT2D eigenvalue weighted by atomic mass is 19.4. The Balaban J connectivity index is 2.16. The van der Waals surface area contributed by atoms with Crippen LogP contribution in [0.5, 0.6) is 5.75 Å². The molecule has 2 N–H and O–H groups in total. The lowest BCUT2D eigenvalue weighted by atomic mass is 10.0. The topological polar surface area (TPSA) is 102 Å². The molecule has 0 saturated heterocycles. The fraction of sp³-hybridized carbons (Fsp3) is 0.353. The number of carboxylic acids is 1. The minimum Gasteiger partial charge on any atom is -0.481 e. The number of nitrogens with zero attached hydrogens (tertiary/aromatic N) is 1. The van der Waals surface area contributed by atoms with Crippen LogP contribution in [0.3, 0.4) is 0 Å². The largest absolute Gasteiger partial charge is 0.573 e. The van der Waals surface area contributed by atoms with Gasteiger partial charge in [0.1, 0.15) is 11.5 Å². The van der Waals surface area contributed by atoms with Crippen LogP contribution >= 0.6 is 0 Å². The van der Waals surface area contributed by atoms with Gasteiger partial charge in [0.25, 0.3) is 5.91 Å². The Morgan fingerprint density at radius 2 is 1.89 bits per heavy atom. The van der Waals surface area contributed by atoms with Crippen LogP contribution in [0.1, 0.15) is 54.0 Å². The second-order valence-corrected chi connectivity index (χ2v) is 6.01. The lowest BCUT2D eigenvalue weighted by molar-refractivity contribution is -0.274. The van der Waals surface area contributed by atoms with Gasteiger partial charge in [0.05, 0.1) is 12.5 Å². The van der Waals surface area contributed by atoms with Gasteiger partial charge in [-0.05, 0) is 17.7 Å². The molecule has 0 fully saturated rings. The summed E-state index contributed by atoms with van der Waals surface area (Å²) in [7, 11) is 0. The van der Waals surface area contributed by atoms with Crippen molar-refractivity contribution in [1.29, 1.82) is 0 Å². The SMILES string of the molecule is CC(C)c1cc(C(=O)NC(CC(=O)O)c2ccc(OC(F)(F)F)cc2)no1. The normalized spacial score (nSPS) is 12.7. The number of carboxylic acid groups (broad SMARTS) is 1. The van der Waals surface area contributed by atoms with Gasteiger partial charge in [0.2, 0.25) is 0 Å². The van der Waals surface area contributed by atoms with Gasteiger partial charge >= 0.3 is 12.3 Å². The van der Waals surface area contributed by atoms with Crippen LogP contribution in [0.2, 0.25) is 0 Å². The van der Waals surface area contributed by atoms with E-state index in [0.717, 1.165) is 12.1 Å². The number of carbonyl (C=O) groups is 2. The minimum absolute atomic E-state index is 0.00930. The van der Waals surface area contributed by atoms with Crippen molar-refractivity contribution in [1.82, 2.24) is 10.5 Å². The molecule has 1 amide bonds. The Morgan fingerprint density at radius 1 is 1.26 bits per heavy atom. The van der Waals surface area contributed by atoms with Crippen LogP contribution in [0, 0.1) is 0 Å². The van der Waals surface area contributed by atoms with E-state index in [4.69, 9.17) is 9.63 Å². The monoisotopic (exact) mass is 386 g/mol. The second kappa shape index (κ2) is 8.11. The van der Waals surface area contributed by atoms with Crippen LogP contribution in [0.15, 0.2) is 34.9 Å². The van der Waals surface area contributed by atoms with E-state index in [1.54, 1.807) is 0 Å². The van der Waals surface area contributed by atoms with Gasteiger partial charge in [-0.15, -0.1) is 13.2 Å². The number of alkyl halides is 3. The van der Waals surface area contributed by atoms with Crippen molar-refractivity contribution in [2.75, 3.05) is 0 Å². The third kappa shape index (κ3) is 6.01. The van der Waals surface area contributed by atoms with Crippen molar-refractivity contribution < 1.29 is 37.1 Å². The van der Waals surface area contributed by atoms with Gasteiger partial charge in [-0.2, -0.15) is 0 Å². The fourth-order valence-electron chi connectivity index (χ4n) is 2.23. The van der Waals surface area contributed by atoms with Crippen LogP contribution in [-0.4, -0.2) is 28.5 Å². The summed E-state index contributed by atoms with van der Waals surface area (Å²) in [5.74, 6) is -1.81. The molecule has 27 heavy (non-hydrogen) atoms. The van der Waals surface area contributed by atoms with E-state index in [2.05, 4.69) is 15.2 Å². The van der Waals surface area contributed by atoms with Crippen LogP contribution in [0.25, 0.3) is 0 Å². The Kier molecular flexibility index (Phi) is 6.09. The maximum absolute atomic E-state index is 12.3. The molecule has 0 saturated carbocycles. The molecule has 0 spiro atoms. The number of hydrogen-bond donors (Lipinski definition) is 2. The standard InChI is InChI=1S/C17H17F3N2O5/c1-9(2)14-7-13(22-27-14)16(25)21-12(8-15(23)24)10-3-5-11(6-4-10)26-17(18,19)20/h3-7,9,12H,8H2,1-2H3,(H,21,25)(H,23,24). The molecule has 2 rings (SSSR count). The number of benzene rings is 1. The quantitative estimate of drug-likeness (QED) is 0.753. The summed E-state index contributed by atoms with van der Waals surface area (Å²) in [6, 6.07) is 5.04. The Bertz CT molecular complexity index is 800. The van der Waals surface area contributed by atoms with Crippen molar-refractivity contribution in [2.24, 2.45) is 0 Å². The zero-order valence-electron chi connectivity index (χ0n) is 14.4. The van der Waals surface area contributed by atoms with Gasteiger partial charge in [0, 0.05) is 12.0 Å². The van der Waals surface area contributed by atoms with E-state index in [1.807, 2.05) is 13.8 Å². The highest BCUT2D eigenvalue weighted by Crippen LogP contribution is 2.26. The second-order valence-electron chi connectivity index (χ2n) is 6.01. The van der Waals surface area contributed by atoms with Crippen molar-refractivity contribution >= 4 is 11.9 Å². The Labute approximate surface area is 152 Å². The molecular formula is C17H17F3N2O5. The average Bonchev–Trinajstić information content (AvgIpc) is 3.03. The maximum Gasteiger partial charge on any atom is 0.573 e. The average molecular weight is 386 g/mol. The number of aliphatic carboxylic acids is 1. The van der Waals surface area contributed by atoms with Crippen LogP contribution in [-0.2, 0) is 4.79 Å². The van der Waals surface area contributed by atoms with Gasteiger partial charge < -0.3 is 19.7 Å². The molecule has 0 bridgehead atoms. The molecule has 7 nitrogen and oxygen atoms in total. The zero-order valence-corrected chi connectivity index (χ0v) is 14.4. The van der Waals surface area contributed by atoms with Gasteiger partial charge in [-0.3, -0.25) is 9.59 Å². The lowest BCUT2D eigenvalue weighted by Gasteiger charge is -2.17. The first-order chi connectivity index (χ1) is 12.5. The summed E-state index contributed by atoms with van der Waals surface area (Å²) in [6.07, 6.45) is -5.31. The van der Waals surface area contributed by atoms with Crippen molar-refractivity contribution in [3.8, 4) is 5.75 Å². The molecule has 1 aromatic heterocycles. The van der Waals surface area contributed by atoms with E-state index in [1.165, 1.54) is 18.2 Å². The van der Waals surface area contributed by atoms with Gasteiger partial charge in [-0.1, -0.05) is 31.1 Å². The summed E-state index contributed by atoms with van der Waals surface area (Å²) in [6.45, 7) is 3.69. The molecule has 0 aliphatic carbocycles. The predicted molar refractivity (Wildman–Crippen MR) is 86.2 cm³/mol. The number of ether oxygens (including phenoxy) is 1. The lowest BCUT2D eigenvalue weighted by Crippen LogP contribution is -2.30. The molecule has 0 aliphatic rings. The number of rotatable bonds is 7. The predicted octanol–water partition coefficient (Wildman–Crippen LogP) is 3.64. The third-order valence-corrected chi connectivity index (χ3v) is 3.53. The Morgan fingerprint density at radius 3 is 2.37 bits per heavy atom. The molecule has 1 heterocycles. The summed E-state index contributed by atoms with van der Waals surface area (Å²) in [5.41, 5.74) is 0.277. The zero-order chi connectivity index (χ0) is 20.2. The number of amides is 1. The van der Waals surface area contributed by atoms with Gasteiger partial charge in [0.15, 0.2) is 5.69 Å². The molecule has 10 heteroatoms.